The number of hydrogen-bond donors (Lipinski definition) is 3. The molecule has 0 radical (unpaired) electrons. The first-order valence-corrected chi connectivity index (χ1v) is 34.8. The van der Waals surface area contributed by atoms with Crippen molar-refractivity contribution in [3.05, 3.63) is 36.5 Å². The summed E-state index contributed by atoms with van der Waals surface area (Å²) >= 11 is 0. The molecule has 454 valence electrons. The molecule has 6 heteroatoms. The summed E-state index contributed by atoms with van der Waals surface area (Å²) in [4.78, 5) is 24.5. The van der Waals surface area contributed by atoms with Crippen molar-refractivity contribution in [3.8, 4) is 0 Å². The van der Waals surface area contributed by atoms with Crippen molar-refractivity contribution >= 4 is 11.9 Å². The summed E-state index contributed by atoms with van der Waals surface area (Å²) < 4.78 is 5.47. The molecule has 0 rings (SSSR count). The maximum absolute atomic E-state index is 12.5. The van der Waals surface area contributed by atoms with Crippen LogP contribution in [0.3, 0.4) is 0 Å². The van der Waals surface area contributed by atoms with Crippen LogP contribution in [0.2, 0.25) is 0 Å². The largest absolute Gasteiger partial charge is 0.466 e. The molecular formula is C71H135NO5. The minimum atomic E-state index is -0.841. The molecule has 0 aromatic heterocycles. The van der Waals surface area contributed by atoms with Gasteiger partial charge in [0.05, 0.1) is 25.4 Å². The Morgan fingerprint density at radius 1 is 0.351 bits per heavy atom. The number of aliphatic hydroxyl groups is 2. The molecule has 0 heterocycles. The Balaban J connectivity index is 3.34. The highest BCUT2D eigenvalue weighted by atomic mass is 16.5. The number of carbonyl (C=O) groups is 2. The zero-order chi connectivity index (χ0) is 55.7. The van der Waals surface area contributed by atoms with E-state index in [1.54, 1.807) is 6.08 Å². The quantitative estimate of drug-likeness (QED) is 0.0320. The summed E-state index contributed by atoms with van der Waals surface area (Å²) in [7, 11) is 0. The zero-order valence-corrected chi connectivity index (χ0v) is 52.0. The van der Waals surface area contributed by atoms with Gasteiger partial charge in [0, 0.05) is 12.8 Å². The topological polar surface area (TPSA) is 95.9 Å². The van der Waals surface area contributed by atoms with E-state index in [2.05, 4.69) is 43.5 Å². The summed E-state index contributed by atoms with van der Waals surface area (Å²) in [5.74, 6) is -0.0533. The molecule has 0 aliphatic carbocycles. The fraction of sp³-hybridized carbons (Fsp3) is 0.887. The lowest BCUT2D eigenvalue weighted by Gasteiger charge is -2.20. The molecule has 0 spiro atoms. The van der Waals surface area contributed by atoms with E-state index >= 15 is 0 Å². The number of esters is 1. The van der Waals surface area contributed by atoms with Crippen molar-refractivity contribution in [3.63, 3.8) is 0 Å². The van der Waals surface area contributed by atoms with E-state index in [1.807, 2.05) is 6.08 Å². The summed E-state index contributed by atoms with van der Waals surface area (Å²) in [5.41, 5.74) is 0. The van der Waals surface area contributed by atoms with E-state index in [0.29, 0.717) is 19.4 Å². The van der Waals surface area contributed by atoms with Gasteiger partial charge >= 0.3 is 5.97 Å². The molecule has 0 saturated carbocycles. The summed E-state index contributed by atoms with van der Waals surface area (Å²) in [5, 5.41) is 23.1. The monoisotopic (exact) mass is 1080 g/mol. The van der Waals surface area contributed by atoms with Gasteiger partial charge in [-0.25, -0.2) is 0 Å². The molecule has 77 heavy (non-hydrogen) atoms. The lowest BCUT2D eigenvalue weighted by Crippen LogP contribution is -2.45. The predicted molar refractivity (Wildman–Crippen MR) is 338 cm³/mol. The van der Waals surface area contributed by atoms with Crippen molar-refractivity contribution in [2.75, 3.05) is 13.2 Å². The third kappa shape index (κ3) is 63.1. The van der Waals surface area contributed by atoms with Gasteiger partial charge in [-0.3, -0.25) is 9.59 Å². The first-order valence-electron chi connectivity index (χ1n) is 34.8. The molecule has 0 saturated heterocycles. The minimum Gasteiger partial charge on any atom is -0.466 e. The van der Waals surface area contributed by atoms with Crippen LogP contribution in [0.5, 0.6) is 0 Å². The second kappa shape index (κ2) is 66.6. The molecule has 0 aromatic rings. The maximum atomic E-state index is 12.5. The number of rotatable bonds is 65. The lowest BCUT2D eigenvalue weighted by molar-refractivity contribution is -0.143. The van der Waals surface area contributed by atoms with Crippen LogP contribution in [0, 0.1) is 0 Å². The molecule has 2 unspecified atom stereocenters. The van der Waals surface area contributed by atoms with Gasteiger partial charge in [0.25, 0.3) is 0 Å². The Kier molecular flexibility index (Phi) is 64.9. The van der Waals surface area contributed by atoms with Gasteiger partial charge in [0.1, 0.15) is 0 Å². The molecule has 3 N–H and O–H groups in total. The number of nitrogens with one attached hydrogen (secondary N) is 1. The van der Waals surface area contributed by atoms with E-state index in [1.165, 1.54) is 308 Å². The fourth-order valence-corrected chi connectivity index (χ4v) is 10.8. The highest BCUT2D eigenvalue weighted by Crippen LogP contribution is 2.18. The van der Waals surface area contributed by atoms with Crippen molar-refractivity contribution in [1.82, 2.24) is 5.32 Å². The molecule has 6 nitrogen and oxygen atoms in total. The van der Waals surface area contributed by atoms with Crippen molar-refractivity contribution < 1.29 is 24.5 Å². The Morgan fingerprint density at radius 3 is 0.948 bits per heavy atom. The number of aliphatic hydroxyl groups excluding tert-OH is 2. The summed E-state index contributed by atoms with van der Waals surface area (Å²) in [6.07, 6.45) is 85.2. The molecule has 0 bridgehead atoms. The lowest BCUT2D eigenvalue weighted by atomic mass is 10.0. The molecule has 2 atom stereocenters. The van der Waals surface area contributed by atoms with Crippen molar-refractivity contribution in [2.45, 2.75) is 392 Å². The third-order valence-electron chi connectivity index (χ3n) is 16.1. The van der Waals surface area contributed by atoms with Crippen molar-refractivity contribution in [1.29, 1.82) is 0 Å². The van der Waals surface area contributed by atoms with Crippen molar-refractivity contribution in [2.24, 2.45) is 0 Å². The van der Waals surface area contributed by atoms with E-state index in [-0.39, 0.29) is 18.5 Å². The minimum absolute atomic E-state index is 0.00996. The standard InChI is InChI=1S/C71H135NO5/c1-3-5-7-9-11-13-15-40-43-47-51-55-59-63-69(74)68(67-73)72-70(75)64-60-56-52-48-44-41-38-36-34-32-30-28-26-24-22-20-18-17-19-21-23-25-27-29-31-33-35-37-39-42-46-50-54-58-62-66-77-71(76)65-61-57-53-49-45-16-14-12-10-8-6-4-2/h12,14,19,21,59,63,68-69,73-74H,3-11,13,15-18,20,22-58,60-62,64-67H2,1-2H3,(H,72,75)/b14-12-,21-19-,63-59+. The number of amides is 1. The van der Waals surface area contributed by atoms with Gasteiger partial charge in [-0.05, 0) is 83.5 Å². The molecular weight excluding hydrogens is 947 g/mol. The fourth-order valence-electron chi connectivity index (χ4n) is 10.8. The van der Waals surface area contributed by atoms with Crippen LogP contribution in [0.1, 0.15) is 380 Å². The molecule has 0 aliphatic rings. The third-order valence-corrected chi connectivity index (χ3v) is 16.1. The Morgan fingerprint density at radius 2 is 0.610 bits per heavy atom. The van der Waals surface area contributed by atoms with E-state index < -0.39 is 12.1 Å². The van der Waals surface area contributed by atoms with Gasteiger partial charge in [-0.2, -0.15) is 0 Å². The SMILES string of the molecule is CCCCC/C=C\CCCCCCCC(=O)OCCCCCCCCCCCCCCCC/C=C\CCCCCCCCCCCCCCCCCCCC(=O)NC(CO)C(O)/C=C/CCCCCCCCCCCCC. The Labute approximate surface area is 481 Å². The zero-order valence-electron chi connectivity index (χ0n) is 52.0. The van der Waals surface area contributed by atoms with Gasteiger partial charge < -0.3 is 20.3 Å². The van der Waals surface area contributed by atoms with E-state index in [0.717, 1.165) is 44.9 Å². The van der Waals surface area contributed by atoms with Gasteiger partial charge in [0.2, 0.25) is 5.91 Å². The van der Waals surface area contributed by atoms with Crippen LogP contribution < -0.4 is 5.32 Å². The normalized spacial score (nSPS) is 12.7. The van der Waals surface area contributed by atoms with Crippen LogP contribution in [-0.4, -0.2) is 47.4 Å². The highest BCUT2D eigenvalue weighted by Gasteiger charge is 2.18. The Hall–Kier alpha value is -1.92. The van der Waals surface area contributed by atoms with Crippen LogP contribution >= 0.6 is 0 Å². The number of ether oxygens (including phenoxy) is 1. The first-order chi connectivity index (χ1) is 38.0. The molecule has 0 aromatic carbocycles. The average Bonchev–Trinajstić information content (AvgIpc) is 3.43. The number of hydrogen-bond acceptors (Lipinski definition) is 5. The van der Waals surface area contributed by atoms with Crippen LogP contribution in [-0.2, 0) is 14.3 Å². The van der Waals surface area contributed by atoms with E-state index in [4.69, 9.17) is 4.74 Å². The smallest absolute Gasteiger partial charge is 0.305 e. The number of carbonyl (C=O) groups excluding carboxylic acids is 2. The van der Waals surface area contributed by atoms with E-state index in [9.17, 15) is 19.8 Å². The maximum Gasteiger partial charge on any atom is 0.305 e. The predicted octanol–water partition coefficient (Wildman–Crippen LogP) is 22.3. The first kappa shape index (κ1) is 75.1. The highest BCUT2D eigenvalue weighted by molar-refractivity contribution is 5.76. The van der Waals surface area contributed by atoms with Gasteiger partial charge in [0.15, 0.2) is 0 Å². The molecule has 1 amide bonds. The van der Waals surface area contributed by atoms with Crippen LogP contribution in [0.25, 0.3) is 0 Å². The summed E-state index contributed by atoms with van der Waals surface area (Å²) in [6.45, 7) is 4.90. The molecule has 0 fully saturated rings. The average molecular weight is 1080 g/mol. The summed E-state index contributed by atoms with van der Waals surface area (Å²) in [6, 6.07) is -0.624. The number of unbranched alkanes of at least 4 members (excludes halogenated alkanes) is 50. The second-order valence-corrected chi connectivity index (χ2v) is 23.9. The Bertz CT molecular complexity index is 1250. The van der Waals surface area contributed by atoms with Gasteiger partial charge in [-0.15, -0.1) is 0 Å². The number of allylic oxidation sites excluding steroid dienone is 5. The van der Waals surface area contributed by atoms with Crippen LogP contribution in [0.15, 0.2) is 36.5 Å². The second-order valence-electron chi connectivity index (χ2n) is 23.9. The van der Waals surface area contributed by atoms with Crippen LogP contribution in [0.4, 0.5) is 0 Å². The van der Waals surface area contributed by atoms with Gasteiger partial charge in [-0.1, -0.05) is 320 Å². The molecule has 0 aliphatic heterocycles.